The van der Waals surface area contributed by atoms with Gasteiger partial charge in [-0.2, -0.15) is 0 Å². The maximum atomic E-state index is 12.5. The summed E-state index contributed by atoms with van der Waals surface area (Å²) < 4.78 is 27.6. The molecule has 3 rings (SSSR count). The van der Waals surface area contributed by atoms with Crippen LogP contribution in [0.3, 0.4) is 0 Å². The average molecular weight is 366 g/mol. The summed E-state index contributed by atoms with van der Waals surface area (Å²) in [5, 5.41) is 11.2. The van der Waals surface area contributed by atoms with Gasteiger partial charge in [-0.1, -0.05) is 30.3 Å². The Morgan fingerprint density at radius 1 is 1.17 bits per heavy atom. The van der Waals surface area contributed by atoms with Crippen LogP contribution in [0.4, 0.5) is 0 Å². The SMILES string of the molecule is O=C(O)C1CCC(NS(=O)(=O)c2csc(-c3ccccc3)n2)CC1. The molecular formula is C16H18N2O4S2. The van der Waals surface area contributed by atoms with Crippen molar-refractivity contribution in [3.05, 3.63) is 35.7 Å². The van der Waals surface area contributed by atoms with Gasteiger partial charge in [-0.05, 0) is 25.7 Å². The van der Waals surface area contributed by atoms with Crippen molar-refractivity contribution in [3.63, 3.8) is 0 Å². The molecule has 1 aliphatic rings. The Hall–Kier alpha value is -1.77. The normalized spacial score (nSPS) is 21.5. The monoisotopic (exact) mass is 366 g/mol. The van der Waals surface area contributed by atoms with Crippen LogP contribution in [0.2, 0.25) is 0 Å². The number of carbonyl (C=O) groups is 1. The lowest BCUT2D eigenvalue weighted by molar-refractivity contribution is -0.142. The van der Waals surface area contributed by atoms with Crippen LogP contribution in [0, 0.1) is 5.92 Å². The minimum absolute atomic E-state index is 0.0201. The van der Waals surface area contributed by atoms with Gasteiger partial charge < -0.3 is 5.11 Å². The van der Waals surface area contributed by atoms with Crippen LogP contribution in [-0.4, -0.2) is 30.5 Å². The van der Waals surface area contributed by atoms with Crippen LogP contribution in [-0.2, 0) is 14.8 Å². The standard InChI is InChI=1S/C16H18N2O4S2/c19-16(20)12-6-8-13(9-7-12)18-24(21,22)14-10-23-15(17-14)11-4-2-1-3-5-11/h1-5,10,12-13,18H,6-9H2,(H,19,20). The minimum atomic E-state index is -3.68. The highest BCUT2D eigenvalue weighted by atomic mass is 32.2. The highest BCUT2D eigenvalue weighted by molar-refractivity contribution is 7.89. The molecule has 1 fully saturated rings. The number of benzene rings is 1. The third-order valence-corrected chi connectivity index (χ3v) is 6.62. The van der Waals surface area contributed by atoms with Crippen molar-refractivity contribution >= 4 is 27.3 Å². The van der Waals surface area contributed by atoms with E-state index in [0.717, 1.165) is 5.56 Å². The van der Waals surface area contributed by atoms with E-state index in [0.29, 0.717) is 30.7 Å². The molecule has 1 heterocycles. The third kappa shape index (κ3) is 3.82. The number of aliphatic carboxylic acids is 1. The van der Waals surface area contributed by atoms with E-state index in [1.807, 2.05) is 30.3 Å². The van der Waals surface area contributed by atoms with E-state index in [4.69, 9.17) is 5.11 Å². The number of hydrogen-bond acceptors (Lipinski definition) is 5. The fraction of sp³-hybridized carbons (Fsp3) is 0.375. The number of aromatic nitrogens is 1. The van der Waals surface area contributed by atoms with Crippen molar-refractivity contribution in [3.8, 4) is 10.6 Å². The molecule has 0 spiro atoms. The molecule has 2 aromatic rings. The molecule has 0 aliphatic heterocycles. The summed E-state index contributed by atoms with van der Waals surface area (Å²) in [5.74, 6) is -1.17. The summed E-state index contributed by atoms with van der Waals surface area (Å²) in [6, 6.07) is 9.19. The lowest BCUT2D eigenvalue weighted by Gasteiger charge is -2.26. The van der Waals surface area contributed by atoms with Crippen molar-refractivity contribution in [2.75, 3.05) is 0 Å². The Morgan fingerprint density at radius 2 is 1.83 bits per heavy atom. The van der Waals surface area contributed by atoms with Gasteiger partial charge in [0.1, 0.15) is 5.01 Å². The second-order valence-corrected chi connectivity index (χ2v) is 8.38. The highest BCUT2D eigenvalue weighted by Gasteiger charge is 2.29. The topological polar surface area (TPSA) is 96.4 Å². The highest BCUT2D eigenvalue weighted by Crippen LogP contribution is 2.28. The summed E-state index contributed by atoms with van der Waals surface area (Å²) in [6.07, 6.45) is 2.06. The number of nitrogens with one attached hydrogen (secondary N) is 1. The van der Waals surface area contributed by atoms with Gasteiger partial charge in [0.2, 0.25) is 0 Å². The van der Waals surface area contributed by atoms with Gasteiger partial charge in [0.05, 0.1) is 5.92 Å². The maximum Gasteiger partial charge on any atom is 0.306 e. The number of carboxylic acids is 1. The number of rotatable bonds is 5. The molecule has 0 saturated heterocycles. The van der Waals surface area contributed by atoms with E-state index in [9.17, 15) is 13.2 Å². The largest absolute Gasteiger partial charge is 0.481 e. The van der Waals surface area contributed by atoms with Gasteiger partial charge >= 0.3 is 5.97 Å². The quantitative estimate of drug-likeness (QED) is 0.848. The Morgan fingerprint density at radius 3 is 2.46 bits per heavy atom. The lowest BCUT2D eigenvalue weighted by atomic mass is 9.87. The van der Waals surface area contributed by atoms with Gasteiger partial charge in [-0.25, -0.2) is 18.1 Å². The van der Waals surface area contributed by atoms with Gasteiger partial charge in [0.25, 0.3) is 10.0 Å². The molecule has 0 unspecified atom stereocenters. The first kappa shape index (κ1) is 17.1. The second kappa shape index (κ2) is 7.00. The maximum absolute atomic E-state index is 12.5. The predicted octanol–water partition coefficient (Wildman–Crippen LogP) is 2.73. The van der Waals surface area contributed by atoms with Crippen LogP contribution >= 0.6 is 11.3 Å². The molecule has 0 radical (unpaired) electrons. The van der Waals surface area contributed by atoms with Gasteiger partial charge in [-0.15, -0.1) is 11.3 Å². The van der Waals surface area contributed by atoms with E-state index in [2.05, 4.69) is 9.71 Å². The van der Waals surface area contributed by atoms with Crippen molar-refractivity contribution in [2.45, 2.75) is 36.8 Å². The van der Waals surface area contributed by atoms with Crippen LogP contribution in [0.5, 0.6) is 0 Å². The van der Waals surface area contributed by atoms with Crippen molar-refractivity contribution in [1.29, 1.82) is 0 Å². The molecule has 1 aromatic heterocycles. The van der Waals surface area contributed by atoms with Crippen molar-refractivity contribution < 1.29 is 18.3 Å². The molecule has 2 N–H and O–H groups in total. The van der Waals surface area contributed by atoms with Crippen LogP contribution < -0.4 is 4.72 Å². The number of hydrogen-bond donors (Lipinski definition) is 2. The summed E-state index contributed by atoms with van der Waals surface area (Å²) in [7, 11) is -3.68. The van der Waals surface area contributed by atoms with E-state index in [1.165, 1.54) is 16.7 Å². The Bertz CT molecular complexity index is 810. The van der Waals surface area contributed by atoms with Crippen LogP contribution in [0.25, 0.3) is 10.6 Å². The Labute approximate surface area is 144 Å². The fourth-order valence-corrected chi connectivity index (χ4v) is 5.24. The molecule has 6 nitrogen and oxygen atoms in total. The summed E-state index contributed by atoms with van der Waals surface area (Å²) in [6.45, 7) is 0. The fourth-order valence-electron chi connectivity index (χ4n) is 2.83. The number of carboxylic acid groups (broad SMARTS) is 1. The molecule has 1 aliphatic carbocycles. The average Bonchev–Trinajstić information content (AvgIpc) is 3.07. The predicted molar refractivity (Wildman–Crippen MR) is 91.3 cm³/mol. The summed E-state index contributed by atoms with van der Waals surface area (Å²) >= 11 is 1.29. The van der Waals surface area contributed by atoms with E-state index in [1.54, 1.807) is 0 Å². The van der Waals surface area contributed by atoms with Crippen molar-refractivity contribution in [1.82, 2.24) is 9.71 Å². The zero-order valence-electron chi connectivity index (χ0n) is 12.9. The Kier molecular flexibility index (Phi) is 4.98. The molecule has 24 heavy (non-hydrogen) atoms. The molecular weight excluding hydrogens is 348 g/mol. The zero-order valence-corrected chi connectivity index (χ0v) is 14.5. The molecule has 0 atom stereocenters. The summed E-state index contributed by atoms with van der Waals surface area (Å²) in [4.78, 5) is 15.2. The molecule has 1 aromatic carbocycles. The molecule has 1 saturated carbocycles. The number of thiazole rings is 1. The smallest absolute Gasteiger partial charge is 0.306 e. The van der Waals surface area contributed by atoms with Gasteiger partial charge in [-0.3, -0.25) is 4.79 Å². The Balaban J connectivity index is 1.68. The second-order valence-electron chi connectivity index (χ2n) is 5.86. The van der Waals surface area contributed by atoms with Gasteiger partial charge in [0, 0.05) is 17.0 Å². The first-order valence-corrected chi connectivity index (χ1v) is 10.1. The molecule has 0 bridgehead atoms. The first-order valence-electron chi connectivity index (χ1n) is 7.72. The van der Waals surface area contributed by atoms with Crippen molar-refractivity contribution in [2.24, 2.45) is 5.92 Å². The summed E-state index contributed by atoms with van der Waals surface area (Å²) in [5.41, 5.74) is 0.880. The lowest BCUT2D eigenvalue weighted by Crippen LogP contribution is -2.38. The molecule has 8 heteroatoms. The van der Waals surface area contributed by atoms with Gasteiger partial charge in [0.15, 0.2) is 5.03 Å². The zero-order chi connectivity index (χ0) is 17.2. The van der Waals surface area contributed by atoms with E-state index < -0.39 is 16.0 Å². The van der Waals surface area contributed by atoms with E-state index >= 15 is 0 Å². The number of sulfonamides is 1. The molecule has 128 valence electrons. The third-order valence-electron chi connectivity index (χ3n) is 4.18. The van der Waals surface area contributed by atoms with E-state index in [-0.39, 0.29) is 17.0 Å². The van der Waals surface area contributed by atoms with Crippen LogP contribution in [0.1, 0.15) is 25.7 Å². The first-order chi connectivity index (χ1) is 11.5. The minimum Gasteiger partial charge on any atom is -0.481 e. The molecule has 0 amide bonds. The van der Waals surface area contributed by atoms with Crippen LogP contribution in [0.15, 0.2) is 40.7 Å². The number of nitrogens with zero attached hydrogens (tertiary/aromatic N) is 1.